The van der Waals surface area contributed by atoms with Gasteiger partial charge >= 0.3 is 11.8 Å². The Morgan fingerprint density at radius 3 is 2.42 bits per heavy atom. The van der Waals surface area contributed by atoms with Crippen LogP contribution in [0.25, 0.3) is 33.2 Å². The van der Waals surface area contributed by atoms with Crippen LogP contribution in [0.15, 0.2) is 59.1 Å². The van der Waals surface area contributed by atoms with Crippen molar-refractivity contribution in [2.45, 2.75) is 105 Å². The number of allylic oxidation sites excluding steroid dienone is 2. The first-order valence-electron chi connectivity index (χ1n) is 19.9. The van der Waals surface area contributed by atoms with E-state index in [1.165, 1.54) is 46.3 Å². The molecule has 60 heavy (non-hydrogen) atoms. The van der Waals surface area contributed by atoms with E-state index in [4.69, 9.17) is 28.7 Å². The average molecular weight is 828 g/mol. The Morgan fingerprint density at radius 1 is 1.03 bits per heavy atom. The minimum Gasteiger partial charge on any atom is -0.507 e. The number of anilines is 1. The molecule has 15 nitrogen and oxygen atoms in total. The third kappa shape index (κ3) is 8.21. The van der Waals surface area contributed by atoms with Gasteiger partial charge in [-0.15, -0.1) is 0 Å². The number of ketones is 1. The summed E-state index contributed by atoms with van der Waals surface area (Å²) in [5, 5.41) is 36.6. The number of carbonyl (C=O) groups excluding carboxylic acids is 3. The number of nitrogens with zero attached hydrogens (tertiary/aromatic N) is 1. The summed E-state index contributed by atoms with van der Waals surface area (Å²) in [6.45, 7) is 14.7. The van der Waals surface area contributed by atoms with E-state index >= 15 is 0 Å². The zero-order valence-electron chi connectivity index (χ0n) is 35.4. The van der Waals surface area contributed by atoms with Gasteiger partial charge in [0.1, 0.15) is 29.0 Å². The summed E-state index contributed by atoms with van der Waals surface area (Å²) in [6.07, 6.45) is 3.55. The summed E-state index contributed by atoms with van der Waals surface area (Å²) in [7, 11) is 1.45. The van der Waals surface area contributed by atoms with Crippen LogP contribution >= 0.6 is 0 Å². The van der Waals surface area contributed by atoms with Crippen molar-refractivity contribution in [2.24, 2.45) is 17.8 Å². The first kappa shape index (κ1) is 43.8. The summed E-state index contributed by atoms with van der Waals surface area (Å²) < 4.78 is 29.6. The number of aromatic amines is 1. The number of phenolic OH excluding ortho intramolecular Hbond substituents is 1. The number of hydrogen-bond acceptors (Lipinski definition) is 13. The van der Waals surface area contributed by atoms with E-state index in [0.717, 1.165) is 0 Å². The molecular formula is C45H53N3O12. The standard InChI is InChI=1S/C45H53N3O12/c1-20(2)58-27-14-15-28-29(18-27)47-37-36(46-28)33-34-39(52)25(7)42-35(33)43(54)45(9,60-42)57-17-16-32(56-10)24(6)41(59-26(8)49)23(5)31(51)19-30(50)21(3)12-11-13-22(4)44(55)48-38(37)40(34)53/h11-18,20-21,23-24,30-32,41,47,50-52H,19H2,1-10H3,(H,48,55)/b12-11+,17-16+,22-13-/t21-,23+,24+,30+,31+,32-,41-,45-/m0/s1. The van der Waals surface area contributed by atoms with E-state index in [2.05, 4.69) is 10.3 Å². The number of methoxy groups -OCH3 is 1. The molecule has 0 unspecified atom stereocenters. The summed E-state index contributed by atoms with van der Waals surface area (Å²) in [6, 6.07) is 5.15. The Kier molecular flexibility index (Phi) is 12.5. The maximum atomic E-state index is 14.7. The SMILES string of the molecule is CO[C@H]1/C=C/O[C@@]2(C)Oc3c(C)c(O)c4c(=O)c(c5[nH]c6cc(OC(C)C)ccc6nc-5c4c3C2=O)NC(=O)/C(C)=C\C=C\[C@H](C)[C@H](O)C[C@@H](O)[C@@H](C)[C@H](OC(C)=O)[C@@H]1C. The number of ether oxygens (including phenoxy) is 5. The van der Waals surface area contributed by atoms with Gasteiger partial charge in [0.15, 0.2) is 0 Å². The second kappa shape index (κ2) is 17.1. The van der Waals surface area contributed by atoms with Crippen molar-refractivity contribution in [1.82, 2.24) is 9.97 Å². The van der Waals surface area contributed by atoms with Crippen LogP contribution in [0.4, 0.5) is 5.69 Å². The fraction of sp³-hybridized carbons (Fsp3) is 0.444. The normalized spacial score (nSPS) is 28.6. The lowest BCUT2D eigenvalue weighted by molar-refractivity contribution is -0.158. The second-order valence-electron chi connectivity index (χ2n) is 16.2. The monoisotopic (exact) mass is 827 g/mol. The molecule has 1 aliphatic carbocycles. The van der Waals surface area contributed by atoms with E-state index in [9.17, 15) is 34.5 Å². The first-order valence-corrected chi connectivity index (χ1v) is 19.9. The minimum atomic E-state index is -2.01. The summed E-state index contributed by atoms with van der Waals surface area (Å²) in [5.41, 5.74) is 0.253. The predicted molar refractivity (Wildman–Crippen MR) is 224 cm³/mol. The number of aliphatic hydroxyl groups is 2. The van der Waals surface area contributed by atoms with Crippen LogP contribution in [0, 0.1) is 24.7 Å². The van der Waals surface area contributed by atoms with Crippen molar-refractivity contribution in [3.8, 4) is 28.6 Å². The van der Waals surface area contributed by atoms with Crippen LogP contribution in [0.5, 0.6) is 17.2 Å². The number of fused-ring (bicyclic) bond motifs is 2. The topological polar surface area (TPSA) is 216 Å². The van der Waals surface area contributed by atoms with Gasteiger partial charge in [0, 0.05) is 67.7 Å². The molecule has 8 atom stereocenters. The number of Topliss-reactive ketones (excluding diaryl/α,β-unsaturated/α-hetero) is 1. The molecule has 3 aliphatic heterocycles. The summed E-state index contributed by atoms with van der Waals surface area (Å²) in [4.78, 5) is 63.5. The highest BCUT2D eigenvalue weighted by Crippen LogP contribution is 2.50. The minimum absolute atomic E-state index is 0.00887. The van der Waals surface area contributed by atoms with Crippen LogP contribution in [0.1, 0.15) is 77.7 Å². The lowest BCUT2D eigenvalue weighted by Crippen LogP contribution is -2.43. The summed E-state index contributed by atoms with van der Waals surface area (Å²) >= 11 is 0. The largest absolute Gasteiger partial charge is 0.507 e. The zero-order valence-corrected chi connectivity index (χ0v) is 35.4. The number of hydrogen-bond donors (Lipinski definition) is 5. The van der Waals surface area contributed by atoms with Crippen LogP contribution in [0.3, 0.4) is 0 Å². The van der Waals surface area contributed by atoms with E-state index in [-0.39, 0.29) is 62.8 Å². The quantitative estimate of drug-likeness (QED) is 0.0878. The molecule has 0 saturated carbocycles. The molecule has 2 aromatic carbocycles. The Hall–Kier alpha value is -5.77. The molecule has 0 aromatic heterocycles. The number of benzene rings is 3. The van der Waals surface area contributed by atoms with E-state index in [0.29, 0.717) is 16.8 Å². The van der Waals surface area contributed by atoms with Crippen LogP contribution in [0.2, 0.25) is 0 Å². The number of nitrogens with one attached hydrogen (secondary N) is 2. The molecule has 5 N–H and O–H groups in total. The predicted octanol–water partition coefficient (Wildman–Crippen LogP) is 6.23. The fourth-order valence-corrected chi connectivity index (χ4v) is 7.81. The first-order chi connectivity index (χ1) is 28.3. The number of amides is 1. The van der Waals surface area contributed by atoms with Crippen molar-refractivity contribution < 1.29 is 53.4 Å². The Balaban J connectivity index is 1.58. The summed E-state index contributed by atoms with van der Waals surface area (Å²) in [5.74, 6) is -5.61. The average Bonchev–Trinajstić information content (AvgIpc) is 3.45. The molecule has 4 bridgehead atoms. The third-order valence-corrected chi connectivity index (χ3v) is 11.3. The molecule has 0 saturated heterocycles. The van der Waals surface area contributed by atoms with Crippen molar-refractivity contribution in [3.05, 3.63) is 75.7 Å². The lowest BCUT2D eigenvalue weighted by atomic mass is 9.83. The molecule has 2 aromatic rings. The molecule has 320 valence electrons. The second-order valence-corrected chi connectivity index (χ2v) is 16.2. The molecule has 3 heterocycles. The van der Waals surface area contributed by atoms with Crippen molar-refractivity contribution in [3.63, 3.8) is 0 Å². The third-order valence-electron chi connectivity index (χ3n) is 11.3. The van der Waals surface area contributed by atoms with Gasteiger partial charge < -0.3 is 49.3 Å². The maximum absolute atomic E-state index is 14.7. The smallest absolute Gasteiger partial charge is 0.312 e. The zero-order chi connectivity index (χ0) is 44.0. The van der Waals surface area contributed by atoms with Gasteiger partial charge in [-0.2, -0.15) is 0 Å². The van der Waals surface area contributed by atoms with E-state index < -0.39 is 76.8 Å². The van der Waals surface area contributed by atoms with Gasteiger partial charge in [0.25, 0.3) is 11.7 Å². The van der Waals surface area contributed by atoms with Gasteiger partial charge in [0.2, 0.25) is 5.43 Å². The van der Waals surface area contributed by atoms with Crippen LogP contribution in [-0.2, 0) is 23.8 Å². The number of H-pyrrole nitrogens is 1. The highest BCUT2D eigenvalue weighted by molar-refractivity contribution is 6.22. The number of aromatic nitrogens is 2. The lowest BCUT2D eigenvalue weighted by Gasteiger charge is -2.35. The molecule has 4 aliphatic rings. The van der Waals surface area contributed by atoms with Gasteiger partial charge in [-0.1, -0.05) is 39.0 Å². The maximum Gasteiger partial charge on any atom is 0.312 e. The van der Waals surface area contributed by atoms with Gasteiger partial charge in [-0.25, -0.2) is 4.98 Å². The molecule has 6 rings (SSSR count). The van der Waals surface area contributed by atoms with Gasteiger partial charge in [-0.3, -0.25) is 19.2 Å². The fourth-order valence-electron chi connectivity index (χ4n) is 7.81. The highest BCUT2D eigenvalue weighted by Gasteiger charge is 2.50. The molecule has 0 spiro atoms. The number of carbonyl (C=O) groups is 3. The molecule has 15 heteroatoms. The number of aromatic hydroxyl groups is 1. The van der Waals surface area contributed by atoms with Gasteiger partial charge in [-0.05, 0) is 45.9 Å². The van der Waals surface area contributed by atoms with Crippen LogP contribution in [-0.4, -0.2) is 86.4 Å². The number of esters is 1. The van der Waals surface area contributed by atoms with Crippen molar-refractivity contribution in [2.75, 3.05) is 12.4 Å². The molecule has 1 amide bonds. The number of aliphatic hydroxyl groups excluding tert-OH is 2. The molecule has 0 fully saturated rings. The number of phenols is 1. The molecule has 0 radical (unpaired) electrons. The van der Waals surface area contributed by atoms with Crippen molar-refractivity contribution in [1.29, 1.82) is 0 Å². The Bertz CT molecular complexity index is 2470. The van der Waals surface area contributed by atoms with E-state index in [1.54, 1.807) is 58.0 Å². The Labute approximate surface area is 347 Å². The molecular weight excluding hydrogens is 775 g/mol. The van der Waals surface area contributed by atoms with Gasteiger partial charge in [0.05, 0.1) is 64.0 Å². The highest BCUT2D eigenvalue weighted by atomic mass is 16.7. The number of rotatable bonds is 4. The van der Waals surface area contributed by atoms with Crippen LogP contribution < -0.4 is 20.2 Å². The van der Waals surface area contributed by atoms with Crippen molar-refractivity contribution >= 4 is 45.2 Å². The van der Waals surface area contributed by atoms with E-state index in [1.807, 2.05) is 13.8 Å². The Morgan fingerprint density at radius 2 is 1.75 bits per heavy atom.